The molecule has 0 aliphatic rings. The van der Waals surface area contributed by atoms with Gasteiger partial charge in [-0.3, -0.25) is 0 Å². The zero-order valence-electron chi connectivity index (χ0n) is 42.7. The van der Waals surface area contributed by atoms with Crippen LogP contribution in [0.3, 0.4) is 0 Å². The molecule has 12 rings (SSSR count). The molecule has 0 fully saturated rings. The molecule has 0 saturated carbocycles. The van der Waals surface area contributed by atoms with Gasteiger partial charge in [-0.15, -0.1) is 0 Å². The number of fused-ring (bicyclic) bond motifs is 6. The highest BCUT2D eigenvalue weighted by atomic mass is 15.0. The monoisotopic (exact) mass is 1040 g/mol. The number of hydrogen-bond donors (Lipinski definition) is 0. The molecule has 10 aromatic carbocycles. The van der Waals surface area contributed by atoms with Crippen molar-refractivity contribution in [2.24, 2.45) is 0 Å². The van der Waals surface area contributed by atoms with Gasteiger partial charge in [0, 0.05) is 21.5 Å². The Morgan fingerprint density at radius 2 is 0.402 bits per heavy atom. The number of aromatic nitrogens is 2. The summed E-state index contributed by atoms with van der Waals surface area (Å²) in [5.41, 5.74) is 14.5. The van der Waals surface area contributed by atoms with E-state index in [2.05, 4.69) is 60.7 Å². The highest BCUT2D eigenvalue weighted by molar-refractivity contribution is 6.13. The molecule has 2 heterocycles. The van der Waals surface area contributed by atoms with Gasteiger partial charge in [0.15, 0.2) is 0 Å². The second-order valence-electron chi connectivity index (χ2n) is 19.4. The first-order chi connectivity index (χ1) is 40.1. The molecule has 0 spiro atoms. The molecule has 0 N–H and O–H groups in total. The van der Waals surface area contributed by atoms with Gasteiger partial charge >= 0.3 is 0 Å². The van der Waals surface area contributed by atoms with Crippen molar-refractivity contribution in [3.8, 4) is 128 Å². The number of nitriles is 10. The molecule has 0 radical (unpaired) electrons. The minimum Gasteiger partial charge on any atom is -0.308 e. The lowest BCUT2D eigenvalue weighted by Crippen LogP contribution is -2.00. The first-order valence-electron chi connectivity index (χ1n) is 25.2. The summed E-state index contributed by atoms with van der Waals surface area (Å²) in [5, 5.41) is 104. The molecule has 2 aromatic heterocycles. The van der Waals surface area contributed by atoms with Crippen molar-refractivity contribution >= 4 is 43.6 Å². The summed E-state index contributed by atoms with van der Waals surface area (Å²) < 4.78 is 4.03. The Balaban J connectivity index is 1.07. The third-order valence-corrected chi connectivity index (χ3v) is 14.7. The Kier molecular flexibility index (Phi) is 12.1. The van der Waals surface area contributed by atoms with Gasteiger partial charge < -0.3 is 9.13 Å². The quantitative estimate of drug-likeness (QED) is 0.146. The van der Waals surface area contributed by atoms with Gasteiger partial charge in [-0.2, -0.15) is 52.6 Å². The zero-order chi connectivity index (χ0) is 56.8. The van der Waals surface area contributed by atoms with Crippen molar-refractivity contribution in [1.29, 1.82) is 52.6 Å². The van der Waals surface area contributed by atoms with Gasteiger partial charge in [-0.25, -0.2) is 0 Å². The molecule has 0 unspecified atom stereocenters. The molecule has 0 saturated heterocycles. The van der Waals surface area contributed by atoms with Crippen LogP contribution < -0.4 is 0 Å². The predicted octanol–water partition coefficient (Wildman–Crippen LogP) is 14.9. The van der Waals surface area contributed by atoms with Crippen molar-refractivity contribution in [2.45, 2.75) is 0 Å². The first-order valence-corrected chi connectivity index (χ1v) is 25.2. The van der Waals surface area contributed by atoms with E-state index in [1.807, 2.05) is 106 Å². The maximum atomic E-state index is 10.9. The van der Waals surface area contributed by atoms with Crippen LogP contribution in [-0.2, 0) is 0 Å². The van der Waals surface area contributed by atoms with Gasteiger partial charge in [0.05, 0.1) is 138 Å². The number of benzene rings is 10. The maximum Gasteiger partial charge on any atom is 0.101 e. The second-order valence-corrected chi connectivity index (χ2v) is 19.4. The summed E-state index contributed by atoms with van der Waals surface area (Å²) in [6.45, 7) is 0. The lowest BCUT2D eigenvalue weighted by molar-refractivity contribution is 1.16. The van der Waals surface area contributed by atoms with E-state index >= 15 is 0 Å². The fraction of sp³-hybridized carbons (Fsp3) is 0. The minimum absolute atomic E-state index is 0.331. The van der Waals surface area contributed by atoms with E-state index in [4.69, 9.17) is 0 Å². The van der Waals surface area contributed by atoms with Crippen LogP contribution in [0.5, 0.6) is 0 Å². The van der Waals surface area contributed by atoms with Crippen molar-refractivity contribution in [3.05, 3.63) is 238 Å². The second kappa shape index (κ2) is 20.0. The Bertz CT molecular complexity index is 4580. The number of nitrogens with zero attached hydrogens (tertiary/aromatic N) is 12. The fourth-order valence-electron chi connectivity index (χ4n) is 11.0. The standard InChI is InChI=1S/C70H30N12/c71-31-41-13-42(32-72)18-57(17-41)49-5-9-65-61(25-49)62-26-50(58-19-43(33-73)14-44(20-58)34-74)6-10-66(62)81(65)69-29-53(1-3-55(69)39-79)54-2-4-56(40-80)70(30-54)82-67-11-7-51(59-21-45(35-75)15-46(22-59)36-76)27-63(67)64-28-52(8-12-68(64)82)60-23-47(37-77)16-48(24-60)38-78/h1-30H. The molecule has 12 heteroatoms. The normalized spacial score (nSPS) is 10.6. The molecular formula is C70H30N12. The molecule has 0 aliphatic carbocycles. The number of hydrogen-bond acceptors (Lipinski definition) is 10. The first kappa shape index (κ1) is 49.6. The van der Waals surface area contributed by atoms with Crippen LogP contribution in [0.15, 0.2) is 182 Å². The van der Waals surface area contributed by atoms with Crippen LogP contribution >= 0.6 is 0 Å². The molecule has 0 aliphatic heterocycles. The Hall–Kier alpha value is -13.3. The SMILES string of the molecule is N#Cc1cc(C#N)cc(-c2ccc3c(c2)c2cc(-c4cc(C#N)cc(C#N)c4)ccc2n3-c2cc(-c3ccc(C#N)c(-n4c5ccc(-c6cc(C#N)cc(C#N)c6)cc5c5cc(-c6cc(C#N)cc(C#N)c6)ccc54)c3)ccc2C#N)c1. The van der Waals surface area contributed by atoms with Gasteiger partial charge in [-0.05, 0) is 201 Å². The molecule has 370 valence electrons. The van der Waals surface area contributed by atoms with E-state index in [1.165, 1.54) is 24.3 Å². The average molecular weight is 1040 g/mol. The van der Waals surface area contributed by atoms with E-state index in [-0.39, 0.29) is 0 Å². The van der Waals surface area contributed by atoms with Gasteiger partial charge in [0.25, 0.3) is 0 Å². The fourth-order valence-corrected chi connectivity index (χ4v) is 11.0. The van der Waals surface area contributed by atoms with Gasteiger partial charge in [0.1, 0.15) is 12.1 Å². The van der Waals surface area contributed by atoms with Crippen molar-refractivity contribution < 1.29 is 0 Å². The topological polar surface area (TPSA) is 248 Å². The summed E-state index contributed by atoms with van der Waals surface area (Å²) >= 11 is 0. The van der Waals surface area contributed by atoms with Crippen LogP contribution in [0.2, 0.25) is 0 Å². The number of rotatable bonds is 7. The largest absolute Gasteiger partial charge is 0.308 e. The summed E-state index contributed by atoms with van der Waals surface area (Å²) in [6, 6.07) is 76.6. The van der Waals surface area contributed by atoms with E-state index in [0.29, 0.717) is 89.3 Å². The highest BCUT2D eigenvalue weighted by Gasteiger charge is 2.22. The van der Waals surface area contributed by atoms with Crippen molar-refractivity contribution in [3.63, 3.8) is 0 Å². The summed E-state index contributed by atoms with van der Waals surface area (Å²) in [6.07, 6.45) is 0. The smallest absolute Gasteiger partial charge is 0.101 e. The average Bonchev–Trinajstić information content (AvgIpc) is 2.92. The van der Waals surface area contributed by atoms with Crippen LogP contribution in [-0.4, -0.2) is 9.13 Å². The third kappa shape index (κ3) is 8.44. The summed E-state index contributed by atoms with van der Waals surface area (Å²) in [4.78, 5) is 0. The molecule has 12 nitrogen and oxygen atoms in total. The zero-order valence-corrected chi connectivity index (χ0v) is 42.7. The predicted molar refractivity (Wildman–Crippen MR) is 309 cm³/mol. The van der Waals surface area contributed by atoms with E-state index in [9.17, 15) is 52.6 Å². The van der Waals surface area contributed by atoms with E-state index in [1.54, 1.807) is 60.7 Å². The summed E-state index contributed by atoms with van der Waals surface area (Å²) in [7, 11) is 0. The van der Waals surface area contributed by atoms with E-state index in [0.717, 1.165) is 77.0 Å². The summed E-state index contributed by atoms with van der Waals surface area (Å²) in [5.74, 6) is 0. The Labute approximate surface area is 468 Å². The van der Waals surface area contributed by atoms with Crippen LogP contribution in [0.1, 0.15) is 55.6 Å². The van der Waals surface area contributed by atoms with Gasteiger partial charge in [-0.1, -0.05) is 36.4 Å². The van der Waals surface area contributed by atoms with E-state index < -0.39 is 0 Å². The molecule has 82 heavy (non-hydrogen) atoms. The van der Waals surface area contributed by atoms with Gasteiger partial charge in [0.2, 0.25) is 0 Å². The molecule has 0 atom stereocenters. The van der Waals surface area contributed by atoms with Crippen molar-refractivity contribution in [1.82, 2.24) is 9.13 Å². The Morgan fingerprint density at radius 3 is 0.610 bits per heavy atom. The minimum atomic E-state index is 0.331. The lowest BCUT2D eigenvalue weighted by atomic mass is 9.97. The third-order valence-electron chi connectivity index (χ3n) is 14.7. The molecule has 0 bridgehead atoms. The van der Waals surface area contributed by atoms with Crippen LogP contribution in [0.4, 0.5) is 0 Å². The molecule has 12 aromatic rings. The van der Waals surface area contributed by atoms with Crippen LogP contribution in [0, 0.1) is 113 Å². The van der Waals surface area contributed by atoms with Crippen molar-refractivity contribution in [2.75, 3.05) is 0 Å². The Morgan fingerprint density at radius 1 is 0.195 bits per heavy atom. The molecular weight excluding hydrogens is 1010 g/mol. The lowest BCUT2D eigenvalue weighted by Gasteiger charge is -2.15. The van der Waals surface area contributed by atoms with Crippen LogP contribution in [0.25, 0.3) is 111 Å². The molecule has 0 amide bonds. The maximum absolute atomic E-state index is 10.9. The highest BCUT2D eigenvalue weighted by Crippen LogP contribution is 2.42.